The summed E-state index contributed by atoms with van der Waals surface area (Å²) in [4.78, 5) is 35.1. The van der Waals surface area contributed by atoms with Gasteiger partial charge in [0.15, 0.2) is 17.4 Å². The van der Waals surface area contributed by atoms with Gasteiger partial charge in [-0.1, -0.05) is 25.5 Å². The molecule has 0 saturated carbocycles. The highest BCUT2D eigenvalue weighted by atomic mass is 16.7. The van der Waals surface area contributed by atoms with Gasteiger partial charge in [-0.3, -0.25) is 14.5 Å². The molecule has 5 rings (SSSR count). The van der Waals surface area contributed by atoms with Crippen molar-refractivity contribution < 1.29 is 33.3 Å². The summed E-state index contributed by atoms with van der Waals surface area (Å²) in [6, 6.07) is 10.9. The topological polar surface area (TPSA) is 141 Å². The predicted molar refractivity (Wildman–Crippen MR) is 160 cm³/mol. The molecule has 1 unspecified atom stereocenters. The number of aryl methyl sites for hydroxylation is 2. The standard InChI is InChI=1S/C32H40N4O7/c1-4-5-11-36(23-8-6-7-21(12-23)15-33)29(37)18-35-17-24(22-13-26(40-3)31-27(14-22)41-19-42-31)30(32(38)39)25(35)9-10-28-34-16-20(2)43-28/h6-8,12-14,16,24-25,30H,4-5,9-11,15,17-19,33H2,1-3H3,(H,38,39)/t24-,25+,30?/m1/s1. The zero-order chi connectivity index (χ0) is 30.5. The Morgan fingerprint density at radius 1 is 1.23 bits per heavy atom. The average molecular weight is 593 g/mol. The van der Waals surface area contributed by atoms with E-state index < -0.39 is 23.8 Å². The van der Waals surface area contributed by atoms with Crippen molar-refractivity contribution in [2.75, 3.05) is 38.4 Å². The van der Waals surface area contributed by atoms with Crippen molar-refractivity contribution >= 4 is 17.6 Å². The first-order valence-electron chi connectivity index (χ1n) is 14.8. The van der Waals surface area contributed by atoms with E-state index in [1.165, 1.54) is 0 Å². The number of oxazole rings is 1. The second-order valence-electron chi connectivity index (χ2n) is 11.1. The molecule has 3 aromatic rings. The largest absolute Gasteiger partial charge is 0.493 e. The van der Waals surface area contributed by atoms with E-state index in [0.717, 1.165) is 29.7 Å². The quantitative estimate of drug-likeness (QED) is 0.298. The molecular weight excluding hydrogens is 552 g/mol. The monoisotopic (exact) mass is 592 g/mol. The number of aromatic nitrogens is 1. The fourth-order valence-electron chi connectivity index (χ4n) is 6.17. The van der Waals surface area contributed by atoms with Crippen molar-refractivity contribution in [3.8, 4) is 17.2 Å². The Morgan fingerprint density at radius 2 is 2.07 bits per heavy atom. The summed E-state index contributed by atoms with van der Waals surface area (Å²) in [5, 5.41) is 10.6. The maximum Gasteiger partial charge on any atom is 0.308 e. The van der Waals surface area contributed by atoms with Crippen molar-refractivity contribution in [3.05, 3.63) is 65.4 Å². The Morgan fingerprint density at radius 3 is 2.77 bits per heavy atom. The number of carbonyl (C=O) groups is 2. The number of carboxylic acid groups (broad SMARTS) is 1. The van der Waals surface area contributed by atoms with Gasteiger partial charge >= 0.3 is 5.97 Å². The van der Waals surface area contributed by atoms with Gasteiger partial charge in [-0.05, 0) is 55.2 Å². The second-order valence-corrected chi connectivity index (χ2v) is 11.1. The third-order valence-electron chi connectivity index (χ3n) is 8.30. The van der Waals surface area contributed by atoms with E-state index in [0.29, 0.717) is 61.4 Å². The number of anilines is 1. The number of hydrogen-bond acceptors (Lipinski definition) is 9. The number of nitrogens with zero attached hydrogens (tertiary/aromatic N) is 3. The Hall–Kier alpha value is -4.09. The van der Waals surface area contributed by atoms with Crippen molar-refractivity contribution in [3.63, 3.8) is 0 Å². The van der Waals surface area contributed by atoms with Gasteiger partial charge in [0, 0.05) is 43.7 Å². The highest BCUT2D eigenvalue weighted by Gasteiger charge is 2.47. The fourth-order valence-corrected chi connectivity index (χ4v) is 6.17. The summed E-state index contributed by atoms with van der Waals surface area (Å²) in [7, 11) is 1.54. The van der Waals surface area contributed by atoms with Gasteiger partial charge in [0.25, 0.3) is 0 Å². The van der Waals surface area contributed by atoms with Gasteiger partial charge in [0.05, 0.1) is 25.8 Å². The first-order chi connectivity index (χ1) is 20.8. The zero-order valence-corrected chi connectivity index (χ0v) is 25.0. The smallest absolute Gasteiger partial charge is 0.308 e. The molecule has 3 heterocycles. The molecule has 2 aromatic carbocycles. The first kappa shape index (κ1) is 30.4. The van der Waals surface area contributed by atoms with Crippen LogP contribution in [-0.2, 0) is 22.6 Å². The lowest BCUT2D eigenvalue weighted by Crippen LogP contribution is -2.44. The fraction of sp³-hybridized carbons (Fsp3) is 0.469. The molecule has 11 heteroatoms. The summed E-state index contributed by atoms with van der Waals surface area (Å²) in [6.07, 6.45) is 4.32. The van der Waals surface area contributed by atoms with Crippen LogP contribution < -0.4 is 24.8 Å². The van der Waals surface area contributed by atoms with Gasteiger partial charge in [0.2, 0.25) is 18.4 Å². The van der Waals surface area contributed by atoms with Crippen LogP contribution in [0.2, 0.25) is 0 Å². The van der Waals surface area contributed by atoms with E-state index >= 15 is 0 Å². The van der Waals surface area contributed by atoms with Crippen LogP contribution in [-0.4, -0.2) is 66.4 Å². The summed E-state index contributed by atoms with van der Waals surface area (Å²) in [5.41, 5.74) is 8.38. The van der Waals surface area contributed by atoms with Crippen LogP contribution >= 0.6 is 0 Å². The molecular formula is C32H40N4O7. The summed E-state index contributed by atoms with van der Waals surface area (Å²) < 4.78 is 22.5. The Bertz CT molecular complexity index is 1440. The van der Waals surface area contributed by atoms with Gasteiger partial charge in [-0.2, -0.15) is 0 Å². The van der Waals surface area contributed by atoms with E-state index in [2.05, 4.69) is 11.9 Å². The number of nitrogens with two attached hydrogens (primary N) is 1. The molecule has 3 N–H and O–H groups in total. The number of methoxy groups -OCH3 is 1. The van der Waals surface area contributed by atoms with E-state index in [1.807, 2.05) is 48.2 Å². The maximum atomic E-state index is 14.0. The predicted octanol–water partition coefficient (Wildman–Crippen LogP) is 4.11. The van der Waals surface area contributed by atoms with Crippen LogP contribution in [0.3, 0.4) is 0 Å². The SMILES string of the molecule is CCCCN(C(=O)CN1C[C@H](c2cc(OC)c3c(c2)OCO3)C(C(=O)O)[C@@H]1CCc1ncc(C)o1)c1cccc(CN)c1. The van der Waals surface area contributed by atoms with Crippen LogP contribution in [0.5, 0.6) is 17.2 Å². The number of likely N-dealkylation sites (tertiary alicyclic amines) is 1. The number of ether oxygens (including phenoxy) is 3. The highest BCUT2D eigenvalue weighted by Crippen LogP contribution is 2.47. The molecule has 1 fully saturated rings. The molecule has 2 aliphatic rings. The van der Waals surface area contributed by atoms with Gasteiger partial charge < -0.3 is 34.4 Å². The molecule has 0 spiro atoms. The molecule has 1 saturated heterocycles. The minimum absolute atomic E-state index is 0.0633. The number of amides is 1. The number of fused-ring (bicyclic) bond motifs is 1. The molecule has 230 valence electrons. The van der Waals surface area contributed by atoms with Gasteiger partial charge in [-0.15, -0.1) is 0 Å². The molecule has 0 bridgehead atoms. The van der Waals surface area contributed by atoms with E-state index in [-0.39, 0.29) is 19.2 Å². The normalized spacial score (nSPS) is 19.5. The highest BCUT2D eigenvalue weighted by molar-refractivity contribution is 5.95. The lowest BCUT2D eigenvalue weighted by atomic mass is 9.83. The van der Waals surface area contributed by atoms with Crippen LogP contribution in [0, 0.1) is 12.8 Å². The molecule has 43 heavy (non-hydrogen) atoms. The Balaban J connectivity index is 1.47. The Kier molecular flexibility index (Phi) is 9.52. The maximum absolute atomic E-state index is 14.0. The molecule has 3 atom stereocenters. The van der Waals surface area contributed by atoms with Gasteiger partial charge in [0.1, 0.15) is 5.76 Å². The third-order valence-corrected chi connectivity index (χ3v) is 8.30. The lowest BCUT2D eigenvalue weighted by Gasteiger charge is -2.30. The molecule has 1 amide bonds. The molecule has 0 aliphatic carbocycles. The van der Waals surface area contributed by atoms with Crippen molar-refractivity contribution in [2.24, 2.45) is 11.7 Å². The lowest BCUT2D eigenvalue weighted by molar-refractivity contribution is -0.143. The number of aliphatic carboxylic acids is 1. The number of carboxylic acids is 1. The molecule has 11 nitrogen and oxygen atoms in total. The number of benzene rings is 2. The number of unbranched alkanes of at least 4 members (excludes halogenated alkanes) is 1. The van der Waals surface area contributed by atoms with Crippen molar-refractivity contribution in [1.82, 2.24) is 9.88 Å². The van der Waals surface area contributed by atoms with Gasteiger partial charge in [-0.25, -0.2) is 4.98 Å². The van der Waals surface area contributed by atoms with Crippen molar-refractivity contribution in [1.29, 1.82) is 0 Å². The van der Waals surface area contributed by atoms with E-state index in [1.54, 1.807) is 18.2 Å². The number of rotatable bonds is 13. The van der Waals surface area contributed by atoms with Crippen molar-refractivity contribution in [2.45, 2.75) is 58.0 Å². The average Bonchev–Trinajstić information content (AvgIpc) is 3.74. The number of hydrogen-bond donors (Lipinski definition) is 2. The summed E-state index contributed by atoms with van der Waals surface area (Å²) in [5.74, 6) is 0.519. The minimum Gasteiger partial charge on any atom is -0.493 e. The van der Waals surface area contributed by atoms with E-state index in [4.69, 9.17) is 24.4 Å². The molecule has 1 aromatic heterocycles. The first-order valence-corrected chi connectivity index (χ1v) is 14.8. The number of carbonyl (C=O) groups excluding carboxylic acids is 1. The zero-order valence-electron chi connectivity index (χ0n) is 25.0. The van der Waals surface area contributed by atoms with Crippen LogP contribution in [0.15, 0.2) is 47.0 Å². The summed E-state index contributed by atoms with van der Waals surface area (Å²) in [6.45, 7) is 5.34. The molecule has 0 radical (unpaired) electrons. The van der Waals surface area contributed by atoms with Crippen LogP contribution in [0.4, 0.5) is 5.69 Å². The van der Waals surface area contributed by atoms with E-state index in [9.17, 15) is 14.7 Å². The van der Waals surface area contributed by atoms with Crippen LogP contribution in [0.1, 0.15) is 54.9 Å². The molecule has 2 aliphatic heterocycles. The third kappa shape index (κ3) is 6.62. The second kappa shape index (κ2) is 13.5. The summed E-state index contributed by atoms with van der Waals surface area (Å²) >= 11 is 0. The minimum atomic E-state index is -0.927. The Labute approximate surface area is 251 Å². The van der Waals surface area contributed by atoms with Crippen LogP contribution in [0.25, 0.3) is 0 Å².